The van der Waals surface area contributed by atoms with E-state index < -0.39 is 15.3 Å². The molecule has 1 N–H and O–H groups in total. The van der Waals surface area contributed by atoms with Crippen LogP contribution in [0.1, 0.15) is 29.5 Å². The molecule has 1 aliphatic rings. The van der Waals surface area contributed by atoms with Crippen LogP contribution in [0.5, 0.6) is 0 Å². The SMILES string of the molecule is CS(=O)(=O)Cc1ccc(CNC(=O)C2(c3cccc(Br)c3)CC2)cc1. The van der Waals surface area contributed by atoms with Crippen LogP contribution >= 0.6 is 15.9 Å². The Balaban J connectivity index is 1.63. The Kier molecular flexibility index (Phi) is 5.02. The van der Waals surface area contributed by atoms with Gasteiger partial charge in [0.1, 0.15) is 0 Å². The van der Waals surface area contributed by atoms with Crippen molar-refractivity contribution in [3.63, 3.8) is 0 Å². The minimum Gasteiger partial charge on any atom is -0.351 e. The fraction of sp³-hybridized carbons (Fsp3) is 0.316. The molecule has 4 nitrogen and oxygen atoms in total. The van der Waals surface area contributed by atoms with E-state index in [1.165, 1.54) is 6.26 Å². The number of rotatable bonds is 6. The number of carbonyl (C=O) groups excluding carboxylic acids is 1. The molecule has 0 bridgehead atoms. The molecule has 0 aromatic heterocycles. The highest BCUT2D eigenvalue weighted by molar-refractivity contribution is 9.10. The van der Waals surface area contributed by atoms with Gasteiger partial charge < -0.3 is 5.32 Å². The maximum Gasteiger partial charge on any atom is 0.230 e. The van der Waals surface area contributed by atoms with Crippen molar-refractivity contribution in [1.82, 2.24) is 5.32 Å². The fourth-order valence-corrected chi connectivity index (χ4v) is 4.16. The number of nitrogens with one attached hydrogen (secondary N) is 1. The van der Waals surface area contributed by atoms with Gasteiger partial charge in [0.15, 0.2) is 9.84 Å². The molecule has 25 heavy (non-hydrogen) atoms. The second kappa shape index (κ2) is 6.92. The number of benzene rings is 2. The molecular formula is C19H20BrNO3S. The molecule has 0 heterocycles. The molecule has 1 aliphatic carbocycles. The lowest BCUT2D eigenvalue weighted by Gasteiger charge is -2.16. The molecule has 1 amide bonds. The van der Waals surface area contributed by atoms with Gasteiger partial charge in [0.2, 0.25) is 5.91 Å². The normalized spacial score (nSPS) is 15.6. The van der Waals surface area contributed by atoms with E-state index in [4.69, 9.17) is 0 Å². The summed E-state index contributed by atoms with van der Waals surface area (Å²) < 4.78 is 23.6. The van der Waals surface area contributed by atoms with E-state index in [1.807, 2.05) is 36.4 Å². The summed E-state index contributed by atoms with van der Waals surface area (Å²) in [6.45, 7) is 0.438. The number of halogens is 1. The molecule has 0 spiro atoms. The summed E-state index contributed by atoms with van der Waals surface area (Å²) in [5.74, 6) is 0.0804. The highest BCUT2D eigenvalue weighted by Gasteiger charge is 2.51. The van der Waals surface area contributed by atoms with Gasteiger partial charge in [0.05, 0.1) is 11.2 Å². The number of hydrogen-bond acceptors (Lipinski definition) is 3. The number of sulfone groups is 1. The second-order valence-electron chi connectivity index (χ2n) is 6.66. The third-order valence-electron chi connectivity index (χ3n) is 4.47. The molecule has 3 rings (SSSR count). The first-order valence-corrected chi connectivity index (χ1v) is 10.9. The zero-order chi connectivity index (χ0) is 18.1. The van der Waals surface area contributed by atoms with E-state index in [9.17, 15) is 13.2 Å². The third-order valence-corrected chi connectivity index (χ3v) is 5.82. The van der Waals surface area contributed by atoms with Crippen LogP contribution in [0.15, 0.2) is 53.0 Å². The van der Waals surface area contributed by atoms with Crippen LogP contribution in [0.2, 0.25) is 0 Å². The molecule has 6 heteroatoms. The highest BCUT2D eigenvalue weighted by atomic mass is 79.9. The standard InChI is InChI=1S/C19H20BrNO3S/c1-25(23,24)13-15-7-5-14(6-8-15)12-21-18(22)19(9-10-19)16-3-2-4-17(20)11-16/h2-8,11H,9-10,12-13H2,1H3,(H,21,22). The highest BCUT2D eigenvalue weighted by Crippen LogP contribution is 2.48. The van der Waals surface area contributed by atoms with Crippen LogP contribution < -0.4 is 5.32 Å². The zero-order valence-corrected chi connectivity index (χ0v) is 16.4. The first-order valence-electron chi connectivity index (χ1n) is 8.08. The Morgan fingerprint density at radius 2 is 1.76 bits per heavy atom. The van der Waals surface area contributed by atoms with Crippen LogP contribution in [0.4, 0.5) is 0 Å². The summed E-state index contributed by atoms with van der Waals surface area (Å²) in [6.07, 6.45) is 2.95. The molecule has 132 valence electrons. The summed E-state index contributed by atoms with van der Waals surface area (Å²) in [5.41, 5.74) is 2.35. The molecule has 2 aromatic carbocycles. The predicted molar refractivity (Wildman–Crippen MR) is 102 cm³/mol. The monoisotopic (exact) mass is 421 g/mol. The smallest absolute Gasteiger partial charge is 0.230 e. The molecule has 2 aromatic rings. The van der Waals surface area contributed by atoms with Crippen LogP contribution in [0, 0.1) is 0 Å². The quantitative estimate of drug-likeness (QED) is 0.777. The minimum absolute atomic E-state index is 0.0334. The maximum atomic E-state index is 12.7. The van der Waals surface area contributed by atoms with Crippen molar-refractivity contribution in [3.8, 4) is 0 Å². The third kappa shape index (κ3) is 4.50. The van der Waals surface area contributed by atoms with Gasteiger partial charge >= 0.3 is 0 Å². The Labute approximate surface area is 156 Å². The van der Waals surface area contributed by atoms with Gasteiger partial charge in [-0.05, 0) is 41.7 Å². The van der Waals surface area contributed by atoms with E-state index in [2.05, 4.69) is 21.2 Å². The Morgan fingerprint density at radius 3 is 2.32 bits per heavy atom. The Bertz CT molecular complexity index is 887. The lowest BCUT2D eigenvalue weighted by atomic mass is 9.95. The summed E-state index contributed by atoms with van der Waals surface area (Å²) in [6, 6.07) is 15.2. The van der Waals surface area contributed by atoms with Gasteiger partial charge in [0.25, 0.3) is 0 Å². The van der Waals surface area contributed by atoms with Gasteiger partial charge in [-0.3, -0.25) is 4.79 Å². The molecule has 0 aliphatic heterocycles. The predicted octanol–water partition coefficient (Wildman–Crippen LogP) is 3.34. The van der Waals surface area contributed by atoms with Crippen LogP contribution in [0.25, 0.3) is 0 Å². The number of hydrogen-bond donors (Lipinski definition) is 1. The number of carbonyl (C=O) groups is 1. The van der Waals surface area contributed by atoms with Crippen molar-refractivity contribution in [2.75, 3.05) is 6.26 Å². The number of amides is 1. The van der Waals surface area contributed by atoms with Crippen molar-refractivity contribution in [1.29, 1.82) is 0 Å². The first-order chi connectivity index (χ1) is 11.8. The molecule has 1 saturated carbocycles. The van der Waals surface area contributed by atoms with Gasteiger partial charge in [-0.25, -0.2) is 8.42 Å². The van der Waals surface area contributed by atoms with Crippen molar-refractivity contribution >= 4 is 31.7 Å². The lowest BCUT2D eigenvalue weighted by molar-refractivity contribution is -0.123. The summed E-state index contributed by atoms with van der Waals surface area (Å²) in [5, 5.41) is 3.01. The van der Waals surface area contributed by atoms with Crippen molar-refractivity contribution in [2.24, 2.45) is 0 Å². The lowest BCUT2D eigenvalue weighted by Crippen LogP contribution is -2.34. The fourth-order valence-electron chi connectivity index (χ4n) is 2.97. The molecule has 0 atom stereocenters. The first kappa shape index (κ1) is 18.1. The Hall–Kier alpha value is -1.66. The van der Waals surface area contributed by atoms with Crippen LogP contribution in [-0.4, -0.2) is 20.6 Å². The average Bonchev–Trinajstić information content (AvgIpc) is 3.34. The van der Waals surface area contributed by atoms with E-state index in [0.717, 1.165) is 34.0 Å². The largest absolute Gasteiger partial charge is 0.351 e. The van der Waals surface area contributed by atoms with Crippen LogP contribution in [0.3, 0.4) is 0 Å². The second-order valence-corrected chi connectivity index (χ2v) is 9.72. The van der Waals surface area contributed by atoms with Crippen molar-refractivity contribution in [2.45, 2.75) is 30.6 Å². The topological polar surface area (TPSA) is 63.2 Å². The molecule has 0 radical (unpaired) electrons. The van der Waals surface area contributed by atoms with Gasteiger partial charge in [-0.2, -0.15) is 0 Å². The molecule has 0 saturated heterocycles. The van der Waals surface area contributed by atoms with Crippen molar-refractivity contribution in [3.05, 3.63) is 69.7 Å². The summed E-state index contributed by atoms with van der Waals surface area (Å²) in [7, 11) is -3.03. The van der Waals surface area contributed by atoms with Gasteiger partial charge in [-0.1, -0.05) is 52.3 Å². The van der Waals surface area contributed by atoms with Gasteiger partial charge in [0, 0.05) is 17.3 Å². The van der Waals surface area contributed by atoms with E-state index >= 15 is 0 Å². The van der Waals surface area contributed by atoms with E-state index in [-0.39, 0.29) is 11.7 Å². The zero-order valence-electron chi connectivity index (χ0n) is 14.0. The maximum absolute atomic E-state index is 12.7. The van der Waals surface area contributed by atoms with Gasteiger partial charge in [-0.15, -0.1) is 0 Å². The van der Waals surface area contributed by atoms with Crippen molar-refractivity contribution < 1.29 is 13.2 Å². The molecule has 1 fully saturated rings. The van der Waals surface area contributed by atoms with E-state index in [1.54, 1.807) is 12.1 Å². The molecule has 0 unspecified atom stereocenters. The average molecular weight is 422 g/mol. The van der Waals surface area contributed by atoms with Crippen LogP contribution in [-0.2, 0) is 32.3 Å². The summed E-state index contributed by atoms with van der Waals surface area (Å²) >= 11 is 3.46. The van der Waals surface area contributed by atoms with E-state index in [0.29, 0.717) is 6.54 Å². The minimum atomic E-state index is -3.03. The molecular weight excluding hydrogens is 402 g/mol. The Morgan fingerprint density at radius 1 is 1.12 bits per heavy atom. The summed E-state index contributed by atoms with van der Waals surface area (Å²) in [4.78, 5) is 12.7.